The van der Waals surface area contributed by atoms with Crippen LogP contribution in [0.25, 0.3) is 0 Å². The SMILES string of the molecule is NOC/C=C/Cc1ccc(F)cc1.NOC/C=C/Cc1ccc(F)cc1.O=C(O)C(=O)O. The lowest BCUT2D eigenvalue weighted by Gasteiger charge is -1.95. The average molecular weight is 452 g/mol. The van der Waals surface area contributed by atoms with Crippen molar-refractivity contribution < 1.29 is 38.3 Å². The van der Waals surface area contributed by atoms with Gasteiger partial charge < -0.3 is 19.9 Å². The van der Waals surface area contributed by atoms with Crippen LogP contribution in [0, 0.1) is 11.6 Å². The van der Waals surface area contributed by atoms with Crippen molar-refractivity contribution in [1.29, 1.82) is 0 Å². The van der Waals surface area contributed by atoms with Crippen LogP contribution in [0.4, 0.5) is 8.78 Å². The van der Waals surface area contributed by atoms with Gasteiger partial charge in [0.15, 0.2) is 0 Å². The van der Waals surface area contributed by atoms with Crippen molar-refractivity contribution in [3.05, 3.63) is 95.6 Å². The highest BCUT2D eigenvalue weighted by Gasteiger charge is 2.04. The zero-order valence-electron chi connectivity index (χ0n) is 17.2. The molecule has 0 heterocycles. The van der Waals surface area contributed by atoms with E-state index in [1.165, 1.54) is 24.3 Å². The number of aliphatic carboxylic acids is 2. The first-order valence-corrected chi connectivity index (χ1v) is 9.18. The van der Waals surface area contributed by atoms with E-state index in [0.717, 1.165) is 24.0 Å². The average Bonchev–Trinajstić information content (AvgIpc) is 2.78. The molecule has 10 heteroatoms. The Hall–Kier alpha value is -3.44. The van der Waals surface area contributed by atoms with E-state index in [4.69, 9.17) is 31.6 Å². The van der Waals surface area contributed by atoms with Crippen LogP contribution < -0.4 is 11.8 Å². The molecule has 32 heavy (non-hydrogen) atoms. The number of hydrogen-bond acceptors (Lipinski definition) is 6. The predicted molar refractivity (Wildman–Crippen MR) is 114 cm³/mol. The number of nitrogens with two attached hydrogens (primary N) is 2. The van der Waals surface area contributed by atoms with Gasteiger partial charge in [0.25, 0.3) is 0 Å². The number of halogens is 2. The molecule has 2 aromatic rings. The standard InChI is InChI=1S/2C10H12FNO.C2H2O4/c2*11-10-6-4-9(5-7-10)3-1-2-8-13-12;3-1(4)2(5)6/h2*1-2,4-7H,3,8,12H2;(H,3,4)(H,5,6)/b2*2-1+;. The van der Waals surface area contributed by atoms with Gasteiger partial charge in [0, 0.05) is 0 Å². The van der Waals surface area contributed by atoms with Crippen molar-refractivity contribution >= 4 is 11.9 Å². The van der Waals surface area contributed by atoms with E-state index in [9.17, 15) is 8.78 Å². The van der Waals surface area contributed by atoms with Crippen LogP contribution in [0.3, 0.4) is 0 Å². The summed E-state index contributed by atoms with van der Waals surface area (Å²) in [6, 6.07) is 12.8. The van der Waals surface area contributed by atoms with Crippen molar-refractivity contribution in [2.24, 2.45) is 11.8 Å². The van der Waals surface area contributed by atoms with Gasteiger partial charge in [-0.2, -0.15) is 0 Å². The van der Waals surface area contributed by atoms with E-state index < -0.39 is 11.9 Å². The molecule has 0 aliphatic rings. The van der Waals surface area contributed by atoms with Gasteiger partial charge in [0.05, 0.1) is 13.2 Å². The number of carbonyl (C=O) groups is 2. The Morgan fingerprint density at radius 3 is 1.25 bits per heavy atom. The smallest absolute Gasteiger partial charge is 0.414 e. The van der Waals surface area contributed by atoms with E-state index in [1.807, 2.05) is 24.3 Å². The molecular weight excluding hydrogens is 426 g/mol. The van der Waals surface area contributed by atoms with Crippen LogP contribution in [0.5, 0.6) is 0 Å². The van der Waals surface area contributed by atoms with Gasteiger partial charge >= 0.3 is 11.9 Å². The zero-order valence-corrected chi connectivity index (χ0v) is 17.2. The fourth-order valence-electron chi connectivity index (χ4n) is 1.93. The minimum Gasteiger partial charge on any atom is -0.473 e. The van der Waals surface area contributed by atoms with Crippen molar-refractivity contribution in [2.45, 2.75) is 12.8 Å². The topological polar surface area (TPSA) is 145 Å². The molecule has 2 rings (SSSR count). The summed E-state index contributed by atoms with van der Waals surface area (Å²) in [7, 11) is 0. The van der Waals surface area contributed by atoms with E-state index >= 15 is 0 Å². The van der Waals surface area contributed by atoms with Gasteiger partial charge in [-0.25, -0.2) is 30.2 Å². The van der Waals surface area contributed by atoms with Gasteiger partial charge in [-0.15, -0.1) is 0 Å². The molecule has 0 aliphatic carbocycles. The maximum atomic E-state index is 12.5. The summed E-state index contributed by atoms with van der Waals surface area (Å²) in [5.74, 6) is 5.59. The highest BCUT2D eigenvalue weighted by molar-refractivity contribution is 6.27. The molecule has 0 saturated heterocycles. The predicted octanol–water partition coefficient (Wildman–Crippen LogP) is 2.79. The summed E-state index contributed by atoms with van der Waals surface area (Å²) in [5, 5.41) is 14.8. The Labute approximate surface area is 184 Å². The number of rotatable bonds is 8. The number of hydrogen-bond donors (Lipinski definition) is 4. The maximum Gasteiger partial charge on any atom is 0.414 e. The van der Waals surface area contributed by atoms with Gasteiger partial charge in [0.1, 0.15) is 11.6 Å². The van der Waals surface area contributed by atoms with Gasteiger partial charge in [-0.1, -0.05) is 48.6 Å². The summed E-state index contributed by atoms with van der Waals surface area (Å²) in [6.07, 6.45) is 9.04. The van der Waals surface area contributed by atoms with Crippen LogP contribution in [0.1, 0.15) is 11.1 Å². The third kappa shape index (κ3) is 16.4. The van der Waals surface area contributed by atoms with Gasteiger partial charge in [-0.3, -0.25) is 0 Å². The Morgan fingerprint density at radius 1 is 0.688 bits per heavy atom. The largest absolute Gasteiger partial charge is 0.473 e. The second kappa shape index (κ2) is 18.3. The van der Waals surface area contributed by atoms with Crippen LogP contribution in [-0.4, -0.2) is 35.4 Å². The molecule has 0 spiro atoms. The van der Waals surface area contributed by atoms with E-state index in [2.05, 4.69) is 9.68 Å². The first-order valence-electron chi connectivity index (χ1n) is 9.18. The Kier molecular flexibility index (Phi) is 16.4. The van der Waals surface area contributed by atoms with Crippen molar-refractivity contribution in [1.82, 2.24) is 0 Å². The molecule has 0 bridgehead atoms. The summed E-state index contributed by atoms with van der Waals surface area (Å²) < 4.78 is 25.0. The molecule has 8 nitrogen and oxygen atoms in total. The molecule has 0 saturated carbocycles. The first-order chi connectivity index (χ1) is 15.3. The monoisotopic (exact) mass is 452 g/mol. The van der Waals surface area contributed by atoms with Crippen LogP contribution in [0.2, 0.25) is 0 Å². The minimum absolute atomic E-state index is 0.210. The lowest BCUT2D eigenvalue weighted by Crippen LogP contribution is -2.09. The second-order valence-corrected chi connectivity index (χ2v) is 5.88. The number of carboxylic acids is 2. The molecule has 0 amide bonds. The molecule has 0 aromatic heterocycles. The molecular formula is C22H26F2N2O6. The lowest BCUT2D eigenvalue weighted by molar-refractivity contribution is -0.159. The summed E-state index contributed by atoms with van der Waals surface area (Å²) in [6.45, 7) is 0.808. The van der Waals surface area contributed by atoms with Crippen molar-refractivity contribution in [3.8, 4) is 0 Å². The molecule has 6 N–H and O–H groups in total. The quantitative estimate of drug-likeness (QED) is 0.272. The second-order valence-electron chi connectivity index (χ2n) is 5.88. The molecule has 174 valence electrons. The molecule has 0 aliphatic heterocycles. The van der Waals surface area contributed by atoms with E-state index in [-0.39, 0.29) is 11.6 Å². The third-order valence-corrected chi connectivity index (χ3v) is 3.43. The molecule has 0 unspecified atom stereocenters. The summed E-state index contributed by atoms with van der Waals surface area (Å²) in [4.78, 5) is 26.9. The third-order valence-electron chi connectivity index (χ3n) is 3.43. The number of carboxylic acid groups (broad SMARTS) is 2. The van der Waals surface area contributed by atoms with Crippen molar-refractivity contribution in [3.63, 3.8) is 0 Å². The molecule has 2 aromatic carbocycles. The zero-order chi connectivity index (χ0) is 24.2. The van der Waals surface area contributed by atoms with Crippen molar-refractivity contribution in [2.75, 3.05) is 13.2 Å². The molecule has 0 fully saturated rings. The normalized spacial score (nSPS) is 10.2. The number of benzene rings is 2. The fourth-order valence-corrected chi connectivity index (χ4v) is 1.93. The van der Waals surface area contributed by atoms with E-state index in [0.29, 0.717) is 13.2 Å². The van der Waals surface area contributed by atoms with Crippen LogP contribution in [-0.2, 0) is 32.1 Å². The minimum atomic E-state index is -1.82. The summed E-state index contributed by atoms with van der Waals surface area (Å²) in [5.41, 5.74) is 2.13. The number of allylic oxidation sites excluding steroid dienone is 2. The molecule has 0 radical (unpaired) electrons. The molecule has 0 atom stereocenters. The van der Waals surface area contributed by atoms with Gasteiger partial charge in [0.2, 0.25) is 0 Å². The highest BCUT2D eigenvalue weighted by atomic mass is 19.1. The maximum absolute atomic E-state index is 12.5. The van der Waals surface area contributed by atoms with Crippen LogP contribution >= 0.6 is 0 Å². The Bertz CT molecular complexity index is 769. The van der Waals surface area contributed by atoms with E-state index in [1.54, 1.807) is 24.3 Å². The summed E-state index contributed by atoms with van der Waals surface area (Å²) >= 11 is 0. The highest BCUT2D eigenvalue weighted by Crippen LogP contribution is 2.04. The lowest BCUT2D eigenvalue weighted by atomic mass is 10.1. The Balaban J connectivity index is 0.000000484. The fraction of sp³-hybridized carbons (Fsp3) is 0.182. The van der Waals surface area contributed by atoms with Crippen LogP contribution in [0.15, 0.2) is 72.8 Å². The van der Waals surface area contributed by atoms with Gasteiger partial charge in [-0.05, 0) is 48.2 Å². The Morgan fingerprint density at radius 2 is 1.00 bits per heavy atom. The first kappa shape index (κ1) is 28.6.